The van der Waals surface area contributed by atoms with E-state index in [1.807, 2.05) is 30.3 Å². The van der Waals surface area contributed by atoms with Gasteiger partial charge in [-0.05, 0) is 50.6 Å². The summed E-state index contributed by atoms with van der Waals surface area (Å²) in [5.74, 6) is -1.20. The molecule has 0 saturated carbocycles. The quantitative estimate of drug-likeness (QED) is 0.547. The second-order valence-electron chi connectivity index (χ2n) is 8.05. The standard InChI is InChI=1S/C23H25N5O4/c1-23(2,3)32-22(31)25-13-15-8-7-9-16(12-15)21(30)26-18-14-28(27-19(18)20(24)29)17-10-5-4-6-11-17/h4-12,14H,13H2,1-3H3,(H2,24,29)(H,25,31)(H,26,30). The average molecular weight is 435 g/mol. The molecule has 3 aromatic rings. The maximum atomic E-state index is 12.8. The molecule has 0 atom stereocenters. The normalized spacial score (nSPS) is 11.0. The first-order valence-corrected chi connectivity index (χ1v) is 9.94. The third-order valence-corrected chi connectivity index (χ3v) is 4.24. The molecule has 0 unspecified atom stereocenters. The molecule has 166 valence electrons. The van der Waals surface area contributed by atoms with Gasteiger partial charge in [0.05, 0.1) is 17.6 Å². The van der Waals surface area contributed by atoms with Gasteiger partial charge in [-0.2, -0.15) is 5.10 Å². The van der Waals surface area contributed by atoms with Gasteiger partial charge in [-0.25, -0.2) is 9.48 Å². The Morgan fingerprint density at radius 3 is 2.44 bits per heavy atom. The Morgan fingerprint density at radius 2 is 1.78 bits per heavy atom. The number of carbonyl (C=O) groups excluding carboxylic acids is 3. The second kappa shape index (κ2) is 9.34. The Labute approximate surface area is 185 Å². The number of hydrogen-bond acceptors (Lipinski definition) is 5. The number of carbonyl (C=O) groups is 3. The molecule has 3 amide bonds. The fourth-order valence-electron chi connectivity index (χ4n) is 2.87. The van der Waals surface area contributed by atoms with Gasteiger partial charge in [0.15, 0.2) is 5.69 Å². The van der Waals surface area contributed by atoms with Crippen LogP contribution in [0.25, 0.3) is 5.69 Å². The van der Waals surface area contributed by atoms with Gasteiger partial charge in [0.1, 0.15) is 5.60 Å². The number of aromatic nitrogens is 2. The van der Waals surface area contributed by atoms with Gasteiger partial charge in [-0.3, -0.25) is 9.59 Å². The van der Waals surface area contributed by atoms with Gasteiger partial charge in [-0.15, -0.1) is 0 Å². The average Bonchev–Trinajstić information content (AvgIpc) is 3.16. The van der Waals surface area contributed by atoms with Crippen molar-refractivity contribution >= 4 is 23.6 Å². The molecule has 0 aliphatic heterocycles. The van der Waals surface area contributed by atoms with Crippen LogP contribution in [0.3, 0.4) is 0 Å². The fourth-order valence-corrected chi connectivity index (χ4v) is 2.87. The van der Waals surface area contributed by atoms with Crippen LogP contribution in [0.2, 0.25) is 0 Å². The first kappa shape index (κ1) is 22.5. The number of primary amides is 1. The molecule has 32 heavy (non-hydrogen) atoms. The Balaban J connectivity index is 1.73. The molecule has 0 spiro atoms. The summed E-state index contributed by atoms with van der Waals surface area (Å²) in [6, 6.07) is 15.9. The molecule has 0 aliphatic carbocycles. The number of hydrogen-bond donors (Lipinski definition) is 3. The number of anilines is 1. The molecule has 0 fully saturated rings. The highest BCUT2D eigenvalue weighted by molar-refractivity contribution is 6.08. The maximum absolute atomic E-state index is 12.8. The first-order chi connectivity index (χ1) is 15.1. The number of nitrogens with zero attached hydrogens (tertiary/aromatic N) is 2. The monoisotopic (exact) mass is 435 g/mol. The maximum Gasteiger partial charge on any atom is 0.407 e. The Kier molecular flexibility index (Phi) is 6.58. The molecule has 3 rings (SSSR count). The van der Waals surface area contributed by atoms with Crippen LogP contribution in [-0.2, 0) is 11.3 Å². The predicted molar refractivity (Wildman–Crippen MR) is 120 cm³/mol. The number of benzene rings is 2. The van der Waals surface area contributed by atoms with Crippen molar-refractivity contribution in [3.05, 3.63) is 77.6 Å². The van der Waals surface area contributed by atoms with Gasteiger partial charge < -0.3 is 21.1 Å². The Morgan fingerprint density at radius 1 is 1.06 bits per heavy atom. The van der Waals surface area contributed by atoms with Crippen molar-refractivity contribution in [2.75, 3.05) is 5.32 Å². The molecule has 4 N–H and O–H groups in total. The van der Waals surface area contributed by atoms with Crippen LogP contribution in [0.1, 0.15) is 47.2 Å². The molecule has 1 aromatic heterocycles. The lowest BCUT2D eigenvalue weighted by molar-refractivity contribution is 0.0523. The van der Waals surface area contributed by atoms with E-state index in [1.54, 1.807) is 45.0 Å². The van der Waals surface area contributed by atoms with Crippen molar-refractivity contribution < 1.29 is 19.1 Å². The number of alkyl carbamates (subject to hydrolysis) is 1. The molecule has 9 nitrogen and oxygen atoms in total. The lowest BCUT2D eigenvalue weighted by atomic mass is 10.1. The van der Waals surface area contributed by atoms with Crippen molar-refractivity contribution in [2.45, 2.75) is 32.9 Å². The molecule has 0 saturated heterocycles. The zero-order valence-corrected chi connectivity index (χ0v) is 18.1. The number of ether oxygens (including phenoxy) is 1. The first-order valence-electron chi connectivity index (χ1n) is 9.94. The van der Waals surface area contributed by atoms with Crippen LogP contribution in [0.15, 0.2) is 60.8 Å². The lowest BCUT2D eigenvalue weighted by Gasteiger charge is -2.19. The summed E-state index contributed by atoms with van der Waals surface area (Å²) in [6.45, 7) is 5.52. The number of rotatable bonds is 6. The fraction of sp³-hybridized carbons (Fsp3) is 0.217. The Bertz CT molecular complexity index is 1130. The predicted octanol–water partition coefficient (Wildman–Crippen LogP) is 3.25. The third kappa shape index (κ3) is 5.94. The molecule has 0 radical (unpaired) electrons. The van der Waals surface area contributed by atoms with Crippen molar-refractivity contribution in [1.82, 2.24) is 15.1 Å². The van der Waals surface area contributed by atoms with E-state index in [1.165, 1.54) is 10.9 Å². The molecular weight excluding hydrogens is 410 g/mol. The summed E-state index contributed by atoms with van der Waals surface area (Å²) in [5.41, 5.74) is 6.75. The zero-order chi connectivity index (χ0) is 23.3. The third-order valence-electron chi connectivity index (χ3n) is 4.24. The van der Waals surface area contributed by atoms with Gasteiger partial charge in [0.25, 0.3) is 11.8 Å². The molecule has 0 aliphatic rings. The highest BCUT2D eigenvalue weighted by Gasteiger charge is 2.19. The van der Waals surface area contributed by atoms with E-state index in [-0.39, 0.29) is 17.9 Å². The van der Waals surface area contributed by atoms with Gasteiger partial charge in [0, 0.05) is 12.1 Å². The Hall–Kier alpha value is -4.14. The van der Waals surface area contributed by atoms with E-state index >= 15 is 0 Å². The summed E-state index contributed by atoms with van der Waals surface area (Å²) < 4.78 is 6.68. The minimum absolute atomic E-state index is 0.0510. The number of nitrogens with two attached hydrogens (primary N) is 1. The van der Waals surface area contributed by atoms with Crippen molar-refractivity contribution in [2.24, 2.45) is 5.73 Å². The summed E-state index contributed by atoms with van der Waals surface area (Å²) >= 11 is 0. The van der Waals surface area contributed by atoms with Crippen molar-refractivity contribution in [3.63, 3.8) is 0 Å². The highest BCUT2D eigenvalue weighted by Crippen LogP contribution is 2.18. The van der Waals surface area contributed by atoms with E-state index in [0.717, 1.165) is 0 Å². The van der Waals surface area contributed by atoms with Crippen LogP contribution >= 0.6 is 0 Å². The molecule has 0 bridgehead atoms. The van der Waals surface area contributed by atoms with Crippen LogP contribution in [0, 0.1) is 0 Å². The summed E-state index contributed by atoms with van der Waals surface area (Å²) in [7, 11) is 0. The smallest absolute Gasteiger partial charge is 0.407 e. The number of nitrogens with one attached hydrogen (secondary N) is 2. The van der Waals surface area contributed by atoms with Gasteiger partial charge in [-0.1, -0.05) is 30.3 Å². The van der Waals surface area contributed by atoms with Gasteiger partial charge in [0.2, 0.25) is 0 Å². The number of amides is 3. The molecule has 1 heterocycles. The summed E-state index contributed by atoms with van der Waals surface area (Å²) in [6.07, 6.45) is 0.980. The minimum Gasteiger partial charge on any atom is -0.444 e. The largest absolute Gasteiger partial charge is 0.444 e. The van der Waals surface area contributed by atoms with Crippen molar-refractivity contribution in [3.8, 4) is 5.69 Å². The van der Waals surface area contributed by atoms with E-state index in [4.69, 9.17) is 10.5 Å². The minimum atomic E-state index is -0.759. The van der Waals surface area contributed by atoms with Crippen LogP contribution in [0.5, 0.6) is 0 Å². The molecular formula is C23H25N5O4. The number of para-hydroxylation sites is 1. The SMILES string of the molecule is CC(C)(C)OC(=O)NCc1cccc(C(=O)Nc2cn(-c3ccccc3)nc2C(N)=O)c1. The van der Waals surface area contributed by atoms with Gasteiger partial charge >= 0.3 is 6.09 Å². The molecule has 2 aromatic carbocycles. The second-order valence-corrected chi connectivity index (χ2v) is 8.05. The van der Waals surface area contributed by atoms with Crippen molar-refractivity contribution in [1.29, 1.82) is 0 Å². The van der Waals surface area contributed by atoms with E-state index in [2.05, 4.69) is 15.7 Å². The summed E-state index contributed by atoms with van der Waals surface area (Å²) in [5, 5.41) is 9.52. The van der Waals surface area contributed by atoms with E-state index in [9.17, 15) is 14.4 Å². The highest BCUT2D eigenvalue weighted by atomic mass is 16.6. The van der Waals surface area contributed by atoms with Crippen LogP contribution in [0.4, 0.5) is 10.5 Å². The van der Waals surface area contributed by atoms with Crippen LogP contribution in [-0.4, -0.2) is 33.3 Å². The zero-order valence-electron chi connectivity index (χ0n) is 18.1. The van der Waals surface area contributed by atoms with Crippen LogP contribution < -0.4 is 16.4 Å². The summed E-state index contributed by atoms with van der Waals surface area (Å²) in [4.78, 5) is 36.5. The van der Waals surface area contributed by atoms with E-state index in [0.29, 0.717) is 16.8 Å². The van der Waals surface area contributed by atoms with E-state index < -0.39 is 23.5 Å². The molecule has 9 heteroatoms. The topological polar surface area (TPSA) is 128 Å². The lowest BCUT2D eigenvalue weighted by Crippen LogP contribution is -2.32.